The van der Waals surface area contributed by atoms with E-state index in [1.54, 1.807) is 0 Å². The molecule has 0 rings (SSSR count). The maximum Gasteiger partial charge on any atom is 0.303 e. The molecule has 0 saturated carbocycles. The lowest BCUT2D eigenvalue weighted by Gasteiger charge is -2.12. The third-order valence-corrected chi connectivity index (χ3v) is 4.71. The lowest BCUT2D eigenvalue weighted by molar-refractivity contribution is -0.137. The van der Waals surface area contributed by atoms with Crippen molar-refractivity contribution in [3.05, 3.63) is 12.2 Å². The molecule has 156 valence electrons. The largest absolute Gasteiger partial charge is 0.481 e. The second kappa shape index (κ2) is 20.5. The SMILES string of the molecule is CCC(C)(C)C.CCCCCCCCC=CCCCCCCCC(=O)O. The minimum atomic E-state index is -0.664. The smallest absolute Gasteiger partial charge is 0.303 e. The number of allylic oxidation sites excluding steroid dienone is 2. The molecule has 0 atom stereocenters. The van der Waals surface area contributed by atoms with Crippen LogP contribution in [0.1, 0.15) is 131 Å². The van der Waals surface area contributed by atoms with Gasteiger partial charge in [-0.15, -0.1) is 0 Å². The van der Waals surface area contributed by atoms with Gasteiger partial charge in [-0.05, 0) is 37.5 Å². The number of aliphatic carboxylic acids is 1. The van der Waals surface area contributed by atoms with Crippen molar-refractivity contribution in [1.29, 1.82) is 0 Å². The number of hydrogen-bond acceptors (Lipinski definition) is 1. The molecule has 0 aliphatic heterocycles. The summed E-state index contributed by atoms with van der Waals surface area (Å²) < 4.78 is 0. The molecule has 0 bridgehead atoms. The molecule has 0 aromatic rings. The van der Waals surface area contributed by atoms with Crippen molar-refractivity contribution in [1.82, 2.24) is 0 Å². The van der Waals surface area contributed by atoms with Crippen molar-refractivity contribution in [3.8, 4) is 0 Å². The van der Waals surface area contributed by atoms with Gasteiger partial charge < -0.3 is 5.11 Å². The molecule has 0 radical (unpaired) electrons. The predicted octanol–water partition coefficient (Wildman–Crippen LogP) is 8.55. The molecular weight excluding hydrogens is 320 g/mol. The van der Waals surface area contributed by atoms with Crippen LogP contribution in [0.25, 0.3) is 0 Å². The number of carboxylic acids is 1. The van der Waals surface area contributed by atoms with Gasteiger partial charge in [0.15, 0.2) is 0 Å². The molecule has 0 heterocycles. The topological polar surface area (TPSA) is 37.3 Å². The average Bonchev–Trinajstić information content (AvgIpc) is 2.58. The Bertz CT molecular complexity index is 313. The molecule has 26 heavy (non-hydrogen) atoms. The first kappa shape index (κ1) is 27.4. The summed E-state index contributed by atoms with van der Waals surface area (Å²) in [5.41, 5.74) is 0.542. The Morgan fingerprint density at radius 1 is 0.731 bits per heavy atom. The quantitative estimate of drug-likeness (QED) is 0.232. The summed E-state index contributed by atoms with van der Waals surface area (Å²) in [4.78, 5) is 10.3. The molecule has 0 aromatic heterocycles. The van der Waals surface area contributed by atoms with Crippen molar-refractivity contribution in [3.63, 3.8) is 0 Å². The molecule has 2 nitrogen and oxygen atoms in total. The van der Waals surface area contributed by atoms with Gasteiger partial charge in [-0.25, -0.2) is 0 Å². The molecular formula is C24H48O2. The fourth-order valence-corrected chi connectivity index (χ4v) is 2.35. The van der Waals surface area contributed by atoms with Crippen LogP contribution >= 0.6 is 0 Å². The second-order valence-corrected chi connectivity index (χ2v) is 8.64. The van der Waals surface area contributed by atoms with Crippen LogP contribution in [0.2, 0.25) is 0 Å². The number of hydrogen-bond donors (Lipinski definition) is 1. The first-order chi connectivity index (χ1) is 12.3. The van der Waals surface area contributed by atoms with Gasteiger partial charge in [-0.3, -0.25) is 4.79 Å². The summed E-state index contributed by atoms with van der Waals surface area (Å²) in [5, 5.41) is 8.51. The molecule has 0 aromatic carbocycles. The van der Waals surface area contributed by atoms with Crippen molar-refractivity contribution in [2.45, 2.75) is 131 Å². The molecule has 0 saturated heterocycles. The monoisotopic (exact) mass is 368 g/mol. The first-order valence-electron chi connectivity index (χ1n) is 11.2. The van der Waals surface area contributed by atoms with Crippen LogP contribution < -0.4 is 0 Å². The van der Waals surface area contributed by atoms with Crippen LogP contribution in [0.3, 0.4) is 0 Å². The van der Waals surface area contributed by atoms with Crippen LogP contribution in [0.15, 0.2) is 12.2 Å². The zero-order valence-corrected chi connectivity index (χ0v) is 18.6. The van der Waals surface area contributed by atoms with Gasteiger partial charge >= 0.3 is 5.97 Å². The number of rotatable bonds is 15. The Kier molecular flexibility index (Phi) is 21.6. The molecule has 1 N–H and O–H groups in total. The van der Waals surface area contributed by atoms with Crippen LogP contribution in [-0.4, -0.2) is 11.1 Å². The van der Waals surface area contributed by atoms with E-state index in [2.05, 4.69) is 46.8 Å². The van der Waals surface area contributed by atoms with E-state index in [9.17, 15) is 4.79 Å². The van der Waals surface area contributed by atoms with Gasteiger partial charge in [0.1, 0.15) is 0 Å². The lowest BCUT2D eigenvalue weighted by Crippen LogP contribution is -2.00. The fraction of sp³-hybridized carbons (Fsp3) is 0.875. The third-order valence-electron chi connectivity index (χ3n) is 4.71. The Hall–Kier alpha value is -0.790. The highest BCUT2D eigenvalue weighted by molar-refractivity contribution is 5.66. The Balaban J connectivity index is 0. The maximum atomic E-state index is 10.3. The van der Waals surface area contributed by atoms with E-state index in [1.807, 2.05) is 0 Å². The summed E-state index contributed by atoms with van der Waals surface area (Å²) in [6, 6.07) is 0. The van der Waals surface area contributed by atoms with Crippen LogP contribution in [0.4, 0.5) is 0 Å². The summed E-state index contributed by atoms with van der Waals surface area (Å²) in [7, 11) is 0. The molecule has 0 spiro atoms. The molecule has 0 unspecified atom stereocenters. The van der Waals surface area contributed by atoms with Gasteiger partial charge in [0, 0.05) is 6.42 Å². The molecule has 0 aliphatic carbocycles. The highest BCUT2D eigenvalue weighted by Gasteiger charge is 2.03. The summed E-state index contributed by atoms with van der Waals surface area (Å²) in [6.45, 7) is 11.2. The van der Waals surface area contributed by atoms with Crippen molar-refractivity contribution in [2.24, 2.45) is 5.41 Å². The maximum absolute atomic E-state index is 10.3. The first-order valence-corrected chi connectivity index (χ1v) is 11.2. The zero-order chi connectivity index (χ0) is 20.1. The van der Waals surface area contributed by atoms with E-state index in [4.69, 9.17) is 5.11 Å². The van der Waals surface area contributed by atoms with Crippen molar-refractivity contribution >= 4 is 5.97 Å². The number of unbranched alkanes of at least 4 members (excludes halogenated alkanes) is 11. The van der Waals surface area contributed by atoms with Gasteiger partial charge in [-0.1, -0.05) is 105 Å². The molecule has 0 fully saturated rings. The third kappa shape index (κ3) is 31.0. The van der Waals surface area contributed by atoms with E-state index in [-0.39, 0.29) is 0 Å². The number of carbonyl (C=O) groups is 1. The van der Waals surface area contributed by atoms with Crippen molar-refractivity contribution < 1.29 is 9.90 Å². The summed E-state index contributed by atoms with van der Waals surface area (Å²) in [5.74, 6) is -0.664. The predicted molar refractivity (Wildman–Crippen MR) is 117 cm³/mol. The Labute approximate surface area is 164 Å². The highest BCUT2D eigenvalue weighted by atomic mass is 16.4. The zero-order valence-electron chi connectivity index (χ0n) is 18.6. The summed E-state index contributed by atoms with van der Waals surface area (Å²) >= 11 is 0. The van der Waals surface area contributed by atoms with Crippen LogP contribution in [0, 0.1) is 5.41 Å². The second-order valence-electron chi connectivity index (χ2n) is 8.64. The van der Waals surface area contributed by atoms with Gasteiger partial charge in [-0.2, -0.15) is 0 Å². The van der Waals surface area contributed by atoms with E-state index >= 15 is 0 Å². The molecule has 0 amide bonds. The van der Waals surface area contributed by atoms with Gasteiger partial charge in [0.25, 0.3) is 0 Å². The minimum Gasteiger partial charge on any atom is -0.481 e. The van der Waals surface area contributed by atoms with E-state index < -0.39 is 5.97 Å². The van der Waals surface area contributed by atoms with E-state index in [0.717, 1.165) is 12.8 Å². The standard InChI is InChI=1S/C18H34O2.C6H14/c1-2-3-4-5-6-7-8-9-10-11-12-13-14-15-16-17-18(19)20;1-5-6(2,3)4/h9-10H,2-8,11-17H2,1H3,(H,19,20);5H2,1-4H3. The van der Waals surface area contributed by atoms with E-state index in [0.29, 0.717) is 11.8 Å². The molecule has 2 heteroatoms. The van der Waals surface area contributed by atoms with E-state index in [1.165, 1.54) is 77.0 Å². The van der Waals surface area contributed by atoms with Gasteiger partial charge in [0.05, 0.1) is 0 Å². The average molecular weight is 369 g/mol. The Morgan fingerprint density at radius 3 is 1.50 bits per heavy atom. The van der Waals surface area contributed by atoms with Gasteiger partial charge in [0.2, 0.25) is 0 Å². The summed E-state index contributed by atoms with van der Waals surface area (Å²) in [6.07, 6.45) is 22.5. The molecule has 0 aliphatic rings. The van der Waals surface area contributed by atoms with Crippen LogP contribution in [-0.2, 0) is 4.79 Å². The van der Waals surface area contributed by atoms with Crippen LogP contribution in [0.5, 0.6) is 0 Å². The highest BCUT2D eigenvalue weighted by Crippen LogP contribution is 2.16. The minimum absolute atomic E-state index is 0.332. The van der Waals surface area contributed by atoms with Crippen molar-refractivity contribution in [2.75, 3.05) is 0 Å². The normalized spacial score (nSPS) is 11.4. The number of carboxylic acid groups (broad SMARTS) is 1. The fourth-order valence-electron chi connectivity index (χ4n) is 2.35. The Morgan fingerprint density at radius 2 is 1.12 bits per heavy atom. The lowest BCUT2D eigenvalue weighted by atomic mass is 9.94.